The molecule has 3 aromatic rings. The Kier molecular flexibility index (Phi) is 7.00. The van der Waals surface area contributed by atoms with Gasteiger partial charge in [-0.15, -0.1) is 0 Å². The zero-order valence-electron chi connectivity index (χ0n) is 20.0. The second-order valence-electron chi connectivity index (χ2n) is 9.29. The van der Waals surface area contributed by atoms with E-state index in [4.69, 9.17) is 9.47 Å². The van der Waals surface area contributed by atoms with Crippen LogP contribution >= 0.6 is 0 Å². The van der Waals surface area contributed by atoms with Gasteiger partial charge in [0.1, 0.15) is 11.9 Å². The first-order chi connectivity index (χ1) is 16.8. The molecule has 1 amide bonds. The summed E-state index contributed by atoms with van der Waals surface area (Å²) < 4.78 is 12.3. The van der Waals surface area contributed by atoms with Crippen LogP contribution in [0.4, 0.5) is 5.69 Å². The number of hydrogen-bond acceptors (Lipinski definition) is 4. The summed E-state index contributed by atoms with van der Waals surface area (Å²) in [5, 5.41) is 5.93. The lowest BCUT2D eigenvalue weighted by molar-refractivity contribution is 0.0425. The number of benzene rings is 3. The van der Waals surface area contributed by atoms with E-state index in [2.05, 4.69) is 48.6 Å². The van der Waals surface area contributed by atoms with Crippen LogP contribution in [0.3, 0.4) is 0 Å². The molecule has 0 radical (unpaired) electrons. The van der Waals surface area contributed by atoms with Crippen LogP contribution in [0.5, 0.6) is 5.75 Å². The lowest BCUT2D eigenvalue weighted by Crippen LogP contribution is -2.46. The fourth-order valence-electron chi connectivity index (χ4n) is 5.11. The fourth-order valence-corrected chi connectivity index (χ4v) is 5.11. The third-order valence-corrected chi connectivity index (χ3v) is 6.91. The van der Waals surface area contributed by atoms with Gasteiger partial charge in [-0.05, 0) is 48.2 Å². The van der Waals surface area contributed by atoms with Gasteiger partial charge in [0.15, 0.2) is 0 Å². The molecular weight excluding hydrogens is 424 g/mol. The minimum absolute atomic E-state index is 0.0386. The van der Waals surface area contributed by atoms with Gasteiger partial charge in [-0.2, -0.15) is 0 Å². The smallest absolute Gasteiger partial charge is 0.257 e. The molecule has 1 fully saturated rings. The molecule has 0 aliphatic carbocycles. The predicted octanol–water partition coefficient (Wildman–Crippen LogP) is 6.54. The lowest BCUT2D eigenvalue weighted by atomic mass is 9.97. The molecule has 5 rings (SSSR count). The molecule has 0 spiro atoms. The Morgan fingerprint density at radius 2 is 1.88 bits per heavy atom. The zero-order chi connectivity index (χ0) is 23.3. The number of hydrogen-bond donors (Lipinski definition) is 1. The number of anilines is 1. The summed E-state index contributed by atoms with van der Waals surface area (Å²) in [5.41, 5.74) is 2.59. The van der Waals surface area contributed by atoms with Crippen molar-refractivity contribution in [2.75, 3.05) is 25.1 Å². The van der Waals surface area contributed by atoms with Gasteiger partial charge >= 0.3 is 0 Å². The zero-order valence-corrected chi connectivity index (χ0v) is 20.0. The van der Waals surface area contributed by atoms with Gasteiger partial charge in [0, 0.05) is 24.4 Å². The number of para-hydroxylation sites is 1. The maximum absolute atomic E-state index is 13.8. The molecule has 2 unspecified atom stereocenters. The summed E-state index contributed by atoms with van der Waals surface area (Å²) >= 11 is 0. The topological polar surface area (TPSA) is 50.8 Å². The van der Waals surface area contributed by atoms with Gasteiger partial charge < -0.3 is 19.7 Å². The van der Waals surface area contributed by atoms with Gasteiger partial charge in [-0.25, -0.2) is 0 Å². The maximum atomic E-state index is 13.8. The highest BCUT2D eigenvalue weighted by atomic mass is 16.5. The molecule has 34 heavy (non-hydrogen) atoms. The Bertz CT molecular complexity index is 1140. The van der Waals surface area contributed by atoms with Crippen molar-refractivity contribution in [1.82, 2.24) is 4.90 Å². The first-order valence-electron chi connectivity index (χ1n) is 12.7. The molecule has 2 heterocycles. The van der Waals surface area contributed by atoms with Crippen LogP contribution in [0.2, 0.25) is 0 Å². The number of carbonyl (C=O) groups is 1. The molecule has 5 heteroatoms. The van der Waals surface area contributed by atoms with Crippen LogP contribution in [-0.2, 0) is 4.74 Å². The number of amides is 1. The molecule has 0 bridgehead atoms. The Hall–Kier alpha value is -3.05. The number of unbranched alkanes of at least 4 members (excludes halogenated alkanes) is 3. The van der Waals surface area contributed by atoms with E-state index >= 15 is 0 Å². The monoisotopic (exact) mass is 458 g/mol. The van der Waals surface area contributed by atoms with Crippen LogP contribution in [0.15, 0.2) is 60.7 Å². The fraction of sp³-hybridized carbons (Fsp3) is 0.414. The van der Waals surface area contributed by atoms with Crippen LogP contribution in [-0.4, -0.2) is 36.7 Å². The third kappa shape index (κ3) is 4.62. The van der Waals surface area contributed by atoms with Crippen molar-refractivity contribution in [2.24, 2.45) is 0 Å². The first kappa shape index (κ1) is 22.7. The Morgan fingerprint density at radius 3 is 2.74 bits per heavy atom. The van der Waals surface area contributed by atoms with Crippen molar-refractivity contribution in [1.29, 1.82) is 0 Å². The number of carbonyl (C=O) groups excluding carboxylic acids is 1. The second-order valence-corrected chi connectivity index (χ2v) is 9.29. The van der Waals surface area contributed by atoms with E-state index in [-0.39, 0.29) is 18.2 Å². The van der Waals surface area contributed by atoms with Gasteiger partial charge in [0.05, 0.1) is 18.3 Å². The molecule has 5 nitrogen and oxygen atoms in total. The SMILES string of the molecule is CCCCCCOc1ccc2ccccc2c1C1Nc2ccccc2C(=O)N1CC1CCCO1. The molecule has 1 saturated heterocycles. The number of ether oxygens (including phenoxy) is 2. The number of nitrogens with zero attached hydrogens (tertiary/aromatic N) is 1. The summed E-state index contributed by atoms with van der Waals surface area (Å²) in [6.07, 6.45) is 6.37. The summed E-state index contributed by atoms with van der Waals surface area (Å²) in [5.74, 6) is 0.883. The normalized spacial score (nSPS) is 19.8. The molecular formula is C29H34N2O3. The second kappa shape index (κ2) is 10.5. The van der Waals surface area contributed by atoms with Crippen molar-refractivity contribution in [2.45, 2.75) is 57.7 Å². The highest BCUT2D eigenvalue weighted by Crippen LogP contribution is 2.41. The van der Waals surface area contributed by atoms with Crippen molar-refractivity contribution in [3.8, 4) is 5.75 Å². The van der Waals surface area contributed by atoms with Crippen molar-refractivity contribution < 1.29 is 14.3 Å². The lowest BCUT2D eigenvalue weighted by Gasteiger charge is -2.40. The molecule has 2 atom stereocenters. The predicted molar refractivity (Wildman–Crippen MR) is 136 cm³/mol. The molecule has 2 aliphatic rings. The van der Waals surface area contributed by atoms with E-state index in [0.29, 0.717) is 18.7 Å². The number of fused-ring (bicyclic) bond motifs is 2. The van der Waals surface area contributed by atoms with Crippen molar-refractivity contribution in [3.63, 3.8) is 0 Å². The summed E-state index contributed by atoms with van der Waals surface area (Å²) in [4.78, 5) is 15.7. The third-order valence-electron chi connectivity index (χ3n) is 6.91. The van der Waals surface area contributed by atoms with E-state index < -0.39 is 0 Å². The average Bonchev–Trinajstić information content (AvgIpc) is 3.39. The minimum atomic E-state index is -0.330. The van der Waals surface area contributed by atoms with Gasteiger partial charge in [0.2, 0.25) is 0 Å². The summed E-state index contributed by atoms with van der Waals surface area (Å²) in [6, 6.07) is 20.3. The standard InChI is InChI=1S/C29H34N2O3/c1-2-3-4-9-18-34-26-17-16-21-11-5-6-13-23(21)27(26)28-30-25-15-8-7-14-24(25)29(32)31(28)20-22-12-10-19-33-22/h5-8,11,13-17,22,28,30H,2-4,9-10,12,18-20H2,1H3. The van der Waals surface area contributed by atoms with Crippen molar-refractivity contribution >= 4 is 22.4 Å². The first-order valence-corrected chi connectivity index (χ1v) is 12.7. The Morgan fingerprint density at radius 1 is 1.03 bits per heavy atom. The van der Waals surface area contributed by atoms with Gasteiger partial charge in [0.25, 0.3) is 5.91 Å². The summed E-state index contributed by atoms with van der Waals surface area (Å²) in [7, 11) is 0. The molecule has 3 aromatic carbocycles. The molecule has 1 N–H and O–H groups in total. The number of nitrogens with one attached hydrogen (secondary N) is 1. The highest BCUT2D eigenvalue weighted by molar-refractivity contribution is 6.02. The van der Waals surface area contributed by atoms with E-state index in [1.165, 1.54) is 12.8 Å². The molecule has 0 saturated carbocycles. The molecule has 0 aromatic heterocycles. The average molecular weight is 459 g/mol. The molecule has 2 aliphatic heterocycles. The largest absolute Gasteiger partial charge is 0.493 e. The van der Waals surface area contributed by atoms with Crippen LogP contribution in [0, 0.1) is 0 Å². The van der Waals surface area contributed by atoms with E-state index in [0.717, 1.165) is 60.1 Å². The van der Waals surface area contributed by atoms with Crippen LogP contribution in [0.25, 0.3) is 10.8 Å². The van der Waals surface area contributed by atoms with E-state index in [1.54, 1.807) is 0 Å². The highest BCUT2D eigenvalue weighted by Gasteiger charge is 2.37. The van der Waals surface area contributed by atoms with Crippen LogP contribution in [0.1, 0.15) is 67.5 Å². The summed E-state index contributed by atoms with van der Waals surface area (Å²) in [6.45, 7) is 4.22. The minimum Gasteiger partial charge on any atom is -0.493 e. The molecule has 178 valence electrons. The Labute approximate surface area is 202 Å². The van der Waals surface area contributed by atoms with E-state index in [9.17, 15) is 4.79 Å². The van der Waals surface area contributed by atoms with Gasteiger partial charge in [-0.3, -0.25) is 4.79 Å². The number of rotatable bonds is 9. The van der Waals surface area contributed by atoms with Gasteiger partial charge in [-0.1, -0.05) is 68.7 Å². The van der Waals surface area contributed by atoms with Crippen molar-refractivity contribution in [3.05, 3.63) is 71.8 Å². The van der Waals surface area contributed by atoms with Crippen LogP contribution < -0.4 is 10.1 Å². The maximum Gasteiger partial charge on any atom is 0.257 e. The quantitative estimate of drug-likeness (QED) is 0.370. The Balaban J connectivity index is 1.55. The van der Waals surface area contributed by atoms with E-state index in [1.807, 2.05) is 29.2 Å².